The van der Waals surface area contributed by atoms with Crippen LogP contribution in [0.1, 0.15) is 37.0 Å². The fourth-order valence-electron chi connectivity index (χ4n) is 3.00. The molecule has 0 aliphatic carbocycles. The van der Waals surface area contributed by atoms with Gasteiger partial charge in [0, 0.05) is 31.4 Å². The molecule has 2 rings (SSSR count). The van der Waals surface area contributed by atoms with E-state index in [0.29, 0.717) is 23.5 Å². The molecule has 0 radical (unpaired) electrons. The molecule has 0 saturated carbocycles. The second-order valence-electron chi connectivity index (χ2n) is 6.89. The largest absolute Gasteiger partial charge is 0.495 e. The molecule has 0 atom stereocenters. The summed E-state index contributed by atoms with van der Waals surface area (Å²) in [7, 11) is 3.60. The second-order valence-corrected chi connectivity index (χ2v) is 6.89. The maximum Gasteiger partial charge on any atom is 0.254 e. The van der Waals surface area contributed by atoms with Crippen LogP contribution in [0.2, 0.25) is 0 Å². The van der Waals surface area contributed by atoms with E-state index in [0.717, 1.165) is 25.1 Å². The number of benzene rings is 2. The molecular weight excluding hydrogens is 366 g/mol. The molecule has 0 bridgehead atoms. The normalized spacial score (nSPS) is 10.3. The monoisotopic (exact) mass is 397 g/mol. The van der Waals surface area contributed by atoms with E-state index in [1.807, 2.05) is 50.4 Å². The summed E-state index contributed by atoms with van der Waals surface area (Å²) >= 11 is 0. The van der Waals surface area contributed by atoms with Gasteiger partial charge in [-0.05, 0) is 49.7 Å². The van der Waals surface area contributed by atoms with Gasteiger partial charge in [0.15, 0.2) is 0 Å². The van der Waals surface area contributed by atoms with Crippen LogP contribution in [-0.4, -0.2) is 50.5 Å². The summed E-state index contributed by atoms with van der Waals surface area (Å²) in [5, 5.41) is 2.81. The number of nitrogens with one attached hydrogen (secondary N) is 1. The average Bonchev–Trinajstić information content (AvgIpc) is 2.75. The Morgan fingerprint density at radius 3 is 2.34 bits per heavy atom. The predicted octanol–water partition coefficient (Wildman–Crippen LogP) is 4.03. The van der Waals surface area contributed by atoms with Gasteiger partial charge in [0.1, 0.15) is 12.3 Å². The summed E-state index contributed by atoms with van der Waals surface area (Å²) in [6.45, 7) is 5.43. The lowest BCUT2D eigenvalue weighted by Gasteiger charge is -2.22. The van der Waals surface area contributed by atoms with Crippen LogP contribution in [0.5, 0.6) is 5.75 Å². The number of amides is 2. The van der Waals surface area contributed by atoms with Crippen molar-refractivity contribution in [1.82, 2.24) is 4.90 Å². The SMILES string of the molecule is CCCCN(C)c1ccc(C(=O)N(CC)CC(=O)Nc2ccccc2OC)cc1. The highest BCUT2D eigenvalue weighted by Gasteiger charge is 2.18. The topological polar surface area (TPSA) is 61.9 Å². The maximum atomic E-state index is 12.8. The Labute approximate surface area is 173 Å². The highest BCUT2D eigenvalue weighted by molar-refractivity contribution is 6.00. The standard InChI is InChI=1S/C23H31N3O3/c1-5-7-16-25(3)19-14-12-18(13-15-19)23(28)26(6-2)17-22(27)24-20-10-8-9-11-21(20)29-4/h8-15H,5-7,16-17H2,1-4H3,(H,24,27). The van der Waals surface area contributed by atoms with Crippen molar-refractivity contribution >= 4 is 23.2 Å². The number of likely N-dealkylation sites (N-methyl/N-ethyl adjacent to an activating group) is 1. The number of hydrogen-bond donors (Lipinski definition) is 1. The van der Waals surface area contributed by atoms with E-state index in [2.05, 4.69) is 17.1 Å². The van der Waals surface area contributed by atoms with Crippen molar-refractivity contribution in [3.05, 3.63) is 54.1 Å². The molecule has 0 fully saturated rings. The van der Waals surface area contributed by atoms with Crippen LogP contribution in [0.25, 0.3) is 0 Å². The number of carbonyl (C=O) groups excluding carboxylic acids is 2. The first-order valence-electron chi connectivity index (χ1n) is 10.0. The van der Waals surface area contributed by atoms with Crippen LogP contribution in [-0.2, 0) is 4.79 Å². The summed E-state index contributed by atoms with van der Waals surface area (Å²) in [5.41, 5.74) is 2.24. The molecule has 2 aromatic rings. The summed E-state index contributed by atoms with van der Waals surface area (Å²) in [5.74, 6) is 0.157. The van der Waals surface area contributed by atoms with Crippen molar-refractivity contribution in [3.63, 3.8) is 0 Å². The van der Waals surface area contributed by atoms with Gasteiger partial charge in [-0.15, -0.1) is 0 Å². The average molecular weight is 398 g/mol. The number of methoxy groups -OCH3 is 1. The van der Waals surface area contributed by atoms with Gasteiger partial charge in [-0.25, -0.2) is 0 Å². The third kappa shape index (κ3) is 6.24. The molecule has 0 heterocycles. The van der Waals surface area contributed by atoms with E-state index in [1.165, 1.54) is 4.90 Å². The van der Waals surface area contributed by atoms with Crippen molar-refractivity contribution < 1.29 is 14.3 Å². The lowest BCUT2D eigenvalue weighted by Crippen LogP contribution is -2.37. The highest BCUT2D eigenvalue weighted by Crippen LogP contribution is 2.23. The predicted molar refractivity (Wildman–Crippen MR) is 118 cm³/mol. The Bertz CT molecular complexity index is 805. The van der Waals surface area contributed by atoms with Crippen molar-refractivity contribution in [3.8, 4) is 5.75 Å². The van der Waals surface area contributed by atoms with Gasteiger partial charge < -0.3 is 19.9 Å². The van der Waals surface area contributed by atoms with Crippen LogP contribution in [0.15, 0.2) is 48.5 Å². The number of rotatable bonds is 10. The smallest absolute Gasteiger partial charge is 0.254 e. The molecule has 1 N–H and O–H groups in total. The van der Waals surface area contributed by atoms with E-state index >= 15 is 0 Å². The van der Waals surface area contributed by atoms with E-state index in [9.17, 15) is 9.59 Å². The Hall–Kier alpha value is -3.02. The van der Waals surface area contributed by atoms with Gasteiger partial charge in [-0.3, -0.25) is 9.59 Å². The minimum Gasteiger partial charge on any atom is -0.495 e. The zero-order valence-electron chi connectivity index (χ0n) is 17.8. The van der Waals surface area contributed by atoms with Crippen LogP contribution in [0, 0.1) is 0 Å². The Morgan fingerprint density at radius 1 is 1.03 bits per heavy atom. The number of hydrogen-bond acceptors (Lipinski definition) is 4. The zero-order chi connectivity index (χ0) is 21.2. The van der Waals surface area contributed by atoms with Crippen LogP contribution in [0.3, 0.4) is 0 Å². The molecule has 2 amide bonds. The first-order chi connectivity index (χ1) is 14.0. The molecule has 0 aliphatic rings. The van der Waals surface area contributed by atoms with Crippen LogP contribution >= 0.6 is 0 Å². The zero-order valence-corrected chi connectivity index (χ0v) is 17.8. The van der Waals surface area contributed by atoms with Crippen molar-refractivity contribution in [2.75, 3.05) is 44.0 Å². The fourth-order valence-corrected chi connectivity index (χ4v) is 3.00. The van der Waals surface area contributed by atoms with Crippen LogP contribution in [0.4, 0.5) is 11.4 Å². The maximum absolute atomic E-state index is 12.8. The van der Waals surface area contributed by atoms with Crippen LogP contribution < -0.4 is 15.0 Å². The second kappa shape index (κ2) is 11.1. The van der Waals surface area contributed by atoms with E-state index in [4.69, 9.17) is 4.74 Å². The molecule has 2 aromatic carbocycles. The number of unbranched alkanes of at least 4 members (excludes halogenated alkanes) is 1. The Kier molecular flexibility index (Phi) is 8.52. The van der Waals surface area contributed by atoms with Gasteiger partial charge in [0.05, 0.1) is 12.8 Å². The van der Waals surface area contributed by atoms with Gasteiger partial charge >= 0.3 is 0 Å². The molecule has 6 nitrogen and oxygen atoms in total. The molecule has 156 valence electrons. The summed E-state index contributed by atoms with van der Waals surface area (Å²) < 4.78 is 5.25. The minimum atomic E-state index is -0.263. The van der Waals surface area contributed by atoms with E-state index < -0.39 is 0 Å². The first-order valence-corrected chi connectivity index (χ1v) is 10.0. The minimum absolute atomic E-state index is 0.0223. The summed E-state index contributed by atoms with van der Waals surface area (Å²) in [6, 6.07) is 14.7. The highest BCUT2D eigenvalue weighted by atomic mass is 16.5. The molecule has 6 heteroatoms. The molecule has 29 heavy (non-hydrogen) atoms. The van der Waals surface area contributed by atoms with Gasteiger partial charge in [0.25, 0.3) is 5.91 Å². The van der Waals surface area contributed by atoms with Crippen molar-refractivity contribution in [2.24, 2.45) is 0 Å². The number of para-hydroxylation sites is 2. The summed E-state index contributed by atoms with van der Waals surface area (Å²) in [6.07, 6.45) is 2.27. The van der Waals surface area contributed by atoms with Crippen molar-refractivity contribution in [2.45, 2.75) is 26.7 Å². The fraction of sp³-hybridized carbons (Fsp3) is 0.391. The molecule has 0 saturated heterocycles. The lowest BCUT2D eigenvalue weighted by molar-refractivity contribution is -0.116. The van der Waals surface area contributed by atoms with Gasteiger partial charge in [0.2, 0.25) is 5.91 Å². The molecule has 0 aliphatic heterocycles. The third-order valence-corrected chi connectivity index (χ3v) is 4.79. The van der Waals surface area contributed by atoms with Gasteiger partial charge in [-0.1, -0.05) is 25.5 Å². The number of ether oxygens (including phenoxy) is 1. The number of nitrogens with zero attached hydrogens (tertiary/aromatic N) is 2. The number of carbonyl (C=O) groups is 2. The molecule has 0 spiro atoms. The molecule has 0 aromatic heterocycles. The number of anilines is 2. The quantitative estimate of drug-likeness (QED) is 0.657. The first kappa shape index (κ1) is 22.3. The summed E-state index contributed by atoms with van der Waals surface area (Å²) in [4.78, 5) is 29.0. The van der Waals surface area contributed by atoms with E-state index in [1.54, 1.807) is 19.2 Å². The van der Waals surface area contributed by atoms with Gasteiger partial charge in [-0.2, -0.15) is 0 Å². The lowest BCUT2D eigenvalue weighted by atomic mass is 10.1. The Balaban J connectivity index is 2.01. The molecular formula is C23H31N3O3. The van der Waals surface area contributed by atoms with Crippen molar-refractivity contribution in [1.29, 1.82) is 0 Å². The Morgan fingerprint density at radius 2 is 1.72 bits per heavy atom. The third-order valence-electron chi connectivity index (χ3n) is 4.79. The van der Waals surface area contributed by atoms with E-state index in [-0.39, 0.29) is 18.4 Å². The molecule has 0 unspecified atom stereocenters.